The quantitative estimate of drug-likeness (QED) is 0.896. The second-order valence-electron chi connectivity index (χ2n) is 4.49. The van der Waals surface area contributed by atoms with Crippen molar-refractivity contribution in [2.75, 3.05) is 7.05 Å². The van der Waals surface area contributed by atoms with E-state index < -0.39 is 11.9 Å². The van der Waals surface area contributed by atoms with E-state index in [1.807, 2.05) is 17.9 Å². The van der Waals surface area contributed by atoms with Gasteiger partial charge in [-0.3, -0.25) is 15.1 Å². The van der Waals surface area contributed by atoms with Gasteiger partial charge in [-0.25, -0.2) is 0 Å². The Bertz CT molecular complexity index is 543. The van der Waals surface area contributed by atoms with Crippen molar-refractivity contribution in [3.8, 4) is 0 Å². The molecule has 2 aromatic heterocycles. The van der Waals surface area contributed by atoms with Crippen LogP contribution in [0.3, 0.4) is 0 Å². The van der Waals surface area contributed by atoms with Crippen molar-refractivity contribution < 1.29 is 13.2 Å². The van der Waals surface area contributed by atoms with Crippen molar-refractivity contribution in [1.29, 1.82) is 0 Å². The molecule has 0 fully saturated rings. The van der Waals surface area contributed by atoms with Gasteiger partial charge in [0.15, 0.2) is 5.69 Å². The van der Waals surface area contributed by atoms with Crippen molar-refractivity contribution in [2.45, 2.75) is 26.2 Å². The second-order valence-corrected chi connectivity index (χ2v) is 4.49. The van der Waals surface area contributed by atoms with Gasteiger partial charge in [-0.2, -0.15) is 23.4 Å². The second kappa shape index (κ2) is 5.04. The predicted molar refractivity (Wildman–Crippen MR) is 62.1 cm³/mol. The van der Waals surface area contributed by atoms with Gasteiger partial charge in [0.25, 0.3) is 0 Å². The Morgan fingerprint density at radius 1 is 1.16 bits per heavy atom. The minimum absolute atomic E-state index is 0.342. The van der Waals surface area contributed by atoms with Crippen molar-refractivity contribution in [2.24, 2.45) is 0 Å². The van der Waals surface area contributed by atoms with Gasteiger partial charge >= 0.3 is 6.18 Å². The van der Waals surface area contributed by atoms with Crippen LogP contribution in [-0.2, 0) is 19.3 Å². The summed E-state index contributed by atoms with van der Waals surface area (Å²) in [7, 11) is 1.80. The number of rotatable bonds is 4. The zero-order valence-corrected chi connectivity index (χ0v) is 10.5. The lowest BCUT2D eigenvalue weighted by Gasteiger charge is -2.13. The Balaban J connectivity index is 1.95. The number of nitrogens with one attached hydrogen (secondary N) is 2. The Labute approximate surface area is 107 Å². The van der Waals surface area contributed by atoms with Crippen molar-refractivity contribution >= 4 is 0 Å². The predicted octanol–water partition coefficient (Wildman–Crippen LogP) is 2.09. The van der Waals surface area contributed by atoms with E-state index in [0.29, 0.717) is 18.8 Å². The van der Waals surface area contributed by atoms with Gasteiger partial charge in [0.2, 0.25) is 0 Å². The van der Waals surface area contributed by atoms with Crippen LogP contribution in [-0.4, -0.2) is 32.3 Å². The Hall–Kier alpha value is -1.83. The fourth-order valence-corrected chi connectivity index (χ4v) is 1.77. The van der Waals surface area contributed by atoms with Crippen LogP contribution in [0.25, 0.3) is 0 Å². The summed E-state index contributed by atoms with van der Waals surface area (Å²) >= 11 is 0. The van der Waals surface area contributed by atoms with E-state index in [4.69, 9.17) is 0 Å². The number of alkyl halides is 3. The highest BCUT2D eigenvalue weighted by Crippen LogP contribution is 2.27. The summed E-state index contributed by atoms with van der Waals surface area (Å²) in [5.74, 6) is 0. The molecule has 0 spiro atoms. The van der Waals surface area contributed by atoms with Crippen LogP contribution in [0.15, 0.2) is 12.1 Å². The molecule has 19 heavy (non-hydrogen) atoms. The lowest BCUT2D eigenvalue weighted by atomic mass is 10.3. The van der Waals surface area contributed by atoms with E-state index in [9.17, 15) is 13.2 Å². The maximum atomic E-state index is 12.4. The van der Waals surface area contributed by atoms with Gasteiger partial charge < -0.3 is 0 Å². The fourth-order valence-electron chi connectivity index (χ4n) is 1.77. The standard InChI is InChI=1S/C11H14F3N5/c1-7-3-8(16-15-7)5-19(2)6-9-4-10(18-17-9)11(12,13)14/h3-4H,5-6H2,1-2H3,(H,15,16)(H,17,18). The molecular weight excluding hydrogens is 259 g/mol. The van der Waals surface area contributed by atoms with Crippen LogP contribution in [0.4, 0.5) is 13.2 Å². The number of nitrogens with zero attached hydrogens (tertiary/aromatic N) is 3. The summed E-state index contributed by atoms with van der Waals surface area (Å²) in [5, 5.41) is 12.5. The molecular formula is C11H14F3N5. The van der Waals surface area contributed by atoms with Crippen LogP contribution >= 0.6 is 0 Å². The molecule has 2 rings (SSSR count). The SMILES string of the molecule is Cc1cc(CN(C)Cc2cc(C(F)(F)F)n[nH]2)n[nH]1. The first-order chi connectivity index (χ1) is 8.84. The molecule has 0 aliphatic carbocycles. The van der Waals surface area contributed by atoms with E-state index in [-0.39, 0.29) is 0 Å². The average molecular weight is 273 g/mol. The molecule has 0 aromatic carbocycles. The first kappa shape index (κ1) is 13.6. The van der Waals surface area contributed by atoms with Crippen LogP contribution in [0.5, 0.6) is 0 Å². The van der Waals surface area contributed by atoms with Gasteiger partial charge in [0, 0.05) is 24.5 Å². The summed E-state index contributed by atoms with van der Waals surface area (Å²) in [5.41, 5.74) is 1.31. The number of hydrogen-bond donors (Lipinski definition) is 2. The molecule has 104 valence electrons. The van der Waals surface area contributed by atoms with E-state index in [1.54, 1.807) is 7.05 Å². The van der Waals surface area contributed by atoms with Crippen LogP contribution in [0.1, 0.15) is 22.8 Å². The normalized spacial score (nSPS) is 12.3. The van der Waals surface area contributed by atoms with Crippen molar-refractivity contribution in [1.82, 2.24) is 25.3 Å². The first-order valence-corrected chi connectivity index (χ1v) is 5.65. The molecule has 0 unspecified atom stereocenters. The first-order valence-electron chi connectivity index (χ1n) is 5.65. The molecule has 0 amide bonds. The van der Waals surface area contributed by atoms with E-state index in [2.05, 4.69) is 20.4 Å². The van der Waals surface area contributed by atoms with Gasteiger partial charge in [-0.1, -0.05) is 0 Å². The molecule has 0 saturated heterocycles. The molecule has 0 aliphatic rings. The maximum absolute atomic E-state index is 12.4. The van der Waals surface area contributed by atoms with Crippen LogP contribution in [0.2, 0.25) is 0 Å². The highest BCUT2D eigenvalue weighted by molar-refractivity contribution is 5.12. The van der Waals surface area contributed by atoms with Crippen LogP contribution < -0.4 is 0 Å². The summed E-state index contributed by atoms with van der Waals surface area (Å²) in [6.07, 6.45) is -4.41. The van der Waals surface area contributed by atoms with Crippen molar-refractivity contribution in [3.05, 3.63) is 34.9 Å². The monoisotopic (exact) mass is 273 g/mol. The zero-order chi connectivity index (χ0) is 14.0. The molecule has 2 heterocycles. The molecule has 5 nitrogen and oxygen atoms in total. The molecule has 2 N–H and O–H groups in total. The lowest BCUT2D eigenvalue weighted by Crippen LogP contribution is -2.17. The Kier molecular flexibility index (Phi) is 3.61. The number of aryl methyl sites for hydroxylation is 1. The van der Waals surface area contributed by atoms with E-state index in [1.165, 1.54) is 0 Å². The van der Waals surface area contributed by atoms with E-state index >= 15 is 0 Å². The molecule has 2 aromatic rings. The van der Waals surface area contributed by atoms with Gasteiger partial charge in [0.1, 0.15) is 0 Å². The summed E-state index contributed by atoms with van der Waals surface area (Å²) in [6, 6.07) is 2.91. The summed E-state index contributed by atoms with van der Waals surface area (Å²) < 4.78 is 37.1. The van der Waals surface area contributed by atoms with Gasteiger partial charge in [0.05, 0.1) is 5.69 Å². The molecule has 0 bridgehead atoms. The van der Waals surface area contributed by atoms with Crippen molar-refractivity contribution in [3.63, 3.8) is 0 Å². The fraction of sp³-hybridized carbons (Fsp3) is 0.455. The number of aromatic amines is 2. The highest BCUT2D eigenvalue weighted by Gasteiger charge is 2.33. The molecule has 0 radical (unpaired) electrons. The summed E-state index contributed by atoms with van der Waals surface area (Å²) in [4.78, 5) is 1.85. The number of aromatic nitrogens is 4. The third kappa shape index (κ3) is 3.57. The molecule has 8 heteroatoms. The molecule has 0 atom stereocenters. The third-order valence-corrected chi connectivity index (χ3v) is 2.55. The van der Waals surface area contributed by atoms with Gasteiger partial charge in [-0.15, -0.1) is 0 Å². The Morgan fingerprint density at radius 3 is 2.42 bits per heavy atom. The molecule has 0 saturated carbocycles. The van der Waals surface area contributed by atoms with Crippen LogP contribution in [0, 0.1) is 6.92 Å². The topological polar surface area (TPSA) is 60.6 Å². The minimum atomic E-state index is -4.41. The lowest BCUT2D eigenvalue weighted by molar-refractivity contribution is -0.141. The smallest absolute Gasteiger partial charge is 0.295 e. The van der Waals surface area contributed by atoms with Gasteiger partial charge in [-0.05, 0) is 26.1 Å². The number of H-pyrrole nitrogens is 2. The minimum Gasteiger partial charge on any atom is -0.295 e. The molecule has 0 aliphatic heterocycles. The highest BCUT2D eigenvalue weighted by atomic mass is 19.4. The largest absolute Gasteiger partial charge is 0.435 e. The number of halogens is 3. The summed E-state index contributed by atoms with van der Waals surface area (Å²) in [6.45, 7) is 2.78. The maximum Gasteiger partial charge on any atom is 0.435 e. The zero-order valence-electron chi connectivity index (χ0n) is 10.5. The van der Waals surface area contributed by atoms with E-state index in [0.717, 1.165) is 17.5 Å². The Morgan fingerprint density at radius 2 is 1.89 bits per heavy atom. The third-order valence-electron chi connectivity index (χ3n) is 2.55. The average Bonchev–Trinajstić information content (AvgIpc) is 2.87. The number of hydrogen-bond acceptors (Lipinski definition) is 3.